The van der Waals surface area contributed by atoms with Crippen LogP contribution in [0.5, 0.6) is 0 Å². The number of likely N-dealkylation sites (tertiary alicyclic amines) is 2. The van der Waals surface area contributed by atoms with Gasteiger partial charge in [-0.3, -0.25) is 4.90 Å². The molecule has 5 heterocycles. The summed E-state index contributed by atoms with van der Waals surface area (Å²) in [6.07, 6.45) is 9.91. The number of rotatable bonds is 18. The molecule has 0 bridgehead atoms. The molecule has 1 atom stereocenters. The molecule has 2 saturated heterocycles. The highest BCUT2D eigenvalue weighted by molar-refractivity contribution is 5.77. The third kappa shape index (κ3) is 10.6. The molecule has 0 unspecified atom stereocenters. The van der Waals surface area contributed by atoms with E-state index in [-0.39, 0.29) is 36.5 Å². The molecule has 0 spiro atoms. The van der Waals surface area contributed by atoms with Crippen LogP contribution in [0.25, 0.3) is 22.6 Å². The molecule has 2 fully saturated rings. The van der Waals surface area contributed by atoms with Gasteiger partial charge in [0.2, 0.25) is 5.95 Å². The molecule has 7 rings (SSSR count). The second-order valence-corrected chi connectivity index (χ2v) is 14.7. The van der Waals surface area contributed by atoms with Crippen LogP contribution < -0.4 is 11.1 Å². The van der Waals surface area contributed by atoms with Crippen molar-refractivity contribution >= 4 is 5.95 Å². The van der Waals surface area contributed by atoms with Crippen LogP contribution in [-0.2, 0) is 21.6 Å². The van der Waals surface area contributed by atoms with Crippen LogP contribution >= 0.6 is 0 Å². The molecule has 304 valence electrons. The van der Waals surface area contributed by atoms with Crippen LogP contribution in [-0.4, -0.2) is 127 Å². The number of aliphatic hydroxyl groups is 1. The van der Waals surface area contributed by atoms with Gasteiger partial charge in [0, 0.05) is 68.2 Å². The summed E-state index contributed by atoms with van der Waals surface area (Å²) in [6.45, 7) is 7.22. The number of aromatic nitrogens is 7. The maximum absolute atomic E-state index is 14.8. The normalized spacial score (nSPS) is 17.3. The Balaban J connectivity index is 0.772. The molecule has 2 aromatic carbocycles. The molecule has 57 heavy (non-hydrogen) atoms. The summed E-state index contributed by atoms with van der Waals surface area (Å²) in [5.74, 6) is -1.60. The van der Waals surface area contributed by atoms with Crippen molar-refractivity contribution in [3.05, 3.63) is 96.7 Å². The fourth-order valence-corrected chi connectivity index (χ4v) is 7.82. The van der Waals surface area contributed by atoms with E-state index in [2.05, 4.69) is 39.7 Å². The molecule has 0 radical (unpaired) electrons. The molecule has 0 saturated carbocycles. The fourth-order valence-electron chi connectivity index (χ4n) is 7.82. The lowest BCUT2D eigenvalue weighted by molar-refractivity contribution is -0.0274. The molecule has 2 aliphatic rings. The number of β-amino-alcohol motifs (C(OH)–C–C–N with tert-alkyl or cyclic N) is 1. The topological polar surface area (TPSA) is 158 Å². The predicted octanol–water partition coefficient (Wildman–Crippen LogP) is 3.91. The molecule has 4 N–H and O–H groups in total. The number of anilines is 1. The Hall–Kier alpha value is -4.78. The van der Waals surface area contributed by atoms with Gasteiger partial charge in [0.05, 0.1) is 56.4 Å². The first-order valence-electron chi connectivity index (χ1n) is 19.5. The first-order chi connectivity index (χ1) is 27.7. The van der Waals surface area contributed by atoms with Crippen molar-refractivity contribution in [2.75, 3.05) is 78.0 Å². The standard InChI is InChI=1S/C40H50F3N11O3/c41-30-3-1-29(2-4-30)37-38(36-7-12-47-39(44)50-36)54(28-48-37)33-10-16-51(17-11-33)18-20-57-22-21-56-19-13-46-32-8-14-52(15-9-32)24-40(55,25-53-27-45-26-49-53)34-6-5-31(42)23-35(34)43/h1-7,12,23,26-28,32-33,46,55H,8-11,13-22,24-25H2,(H2,44,47,50)/t40-/m1/s1. The van der Waals surface area contributed by atoms with Gasteiger partial charge >= 0.3 is 0 Å². The number of nitrogens with one attached hydrogen (secondary N) is 1. The first kappa shape index (κ1) is 40.4. The van der Waals surface area contributed by atoms with E-state index in [0.29, 0.717) is 57.8 Å². The lowest BCUT2D eigenvalue weighted by Crippen LogP contribution is -2.50. The lowest BCUT2D eigenvalue weighted by atomic mass is 9.91. The number of ether oxygens (including phenoxy) is 2. The first-order valence-corrected chi connectivity index (χ1v) is 19.5. The Morgan fingerprint density at radius 3 is 2.28 bits per heavy atom. The second-order valence-electron chi connectivity index (χ2n) is 14.7. The summed E-state index contributed by atoms with van der Waals surface area (Å²) < 4.78 is 57.5. The van der Waals surface area contributed by atoms with E-state index in [9.17, 15) is 18.3 Å². The van der Waals surface area contributed by atoms with Crippen molar-refractivity contribution in [2.45, 2.75) is 49.9 Å². The Bertz CT molecular complexity index is 2000. The van der Waals surface area contributed by atoms with Crippen molar-refractivity contribution in [1.82, 2.24) is 49.4 Å². The average Bonchev–Trinajstić information content (AvgIpc) is 3.89. The monoisotopic (exact) mass is 789 g/mol. The van der Waals surface area contributed by atoms with Gasteiger partial charge in [0.15, 0.2) is 0 Å². The zero-order valence-corrected chi connectivity index (χ0v) is 31.9. The summed E-state index contributed by atoms with van der Waals surface area (Å²) in [6, 6.07) is 11.9. The molecule has 3 aromatic heterocycles. The minimum absolute atomic E-state index is 0.00703. The summed E-state index contributed by atoms with van der Waals surface area (Å²) in [4.78, 5) is 21.7. The second kappa shape index (κ2) is 19.1. The van der Waals surface area contributed by atoms with E-state index < -0.39 is 17.2 Å². The van der Waals surface area contributed by atoms with E-state index in [1.807, 2.05) is 12.4 Å². The van der Waals surface area contributed by atoms with Crippen LogP contribution in [0.4, 0.5) is 19.1 Å². The lowest BCUT2D eigenvalue weighted by Gasteiger charge is -2.38. The van der Waals surface area contributed by atoms with E-state index in [1.165, 1.54) is 35.5 Å². The minimum atomic E-state index is -1.61. The van der Waals surface area contributed by atoms with Crippen LogP contribution in [0.1, 0.15) is 37.3 Å². The van der Waals surface area contributed by atoms with Gasteiger partial charge in [0.1, 0.15) is 35.7 Å². The number of hydrogen-bond donors (Lipinski definition) is 3. The predicted molar refractivity (Wildman–Crippen MR) is 207 cm³/mol. The third-order valence-corrected chi connectivity index (χ3v) is 10.8. The number of nitrogens with two attached hydrogens (primary N) is 1. The molecule has 14 nitrogen and oxygen atoms in total. The number of piperidine rings is 2. The number of nitrogens with zero attached hydrogens (tertiary/aromatic N) is 9. The summed E-state index contributed by atoms with van der Waals surface area (Å²) in [5.41, 5.74) is 7.43. The molecular formula is C40H50F3N11O3. The van der Waals surface area contributed by atoms with Gasteiger partial charge in [-0.1, -0.05) is 6.07 Å². The number of hydrogen-bond acceptors (Lipinski definition) is 12. The summed E-state index contributed by atoms with van der Waals surface area (Å²) >= 11 is 0. The summed E-state index contributed by atoms with van der Waals surface area (Å²) in [5, 5.41) is 19.3. The minimum Gasteiger partial charge on any atom is -0.382 e. The Morgan fingerprint density at radius 2 is 1.56 bits per heavy atom. The van der Waals surface area contributed by atoms with Gasteiger partial charge in [-0.2, -0.15) is 5.10 Å². The number of nitrogen functional groups attached to an aromatic ring is 1. The largest absolute Gasteiger partial charge is 0.382 e. The van der Waals surface area contributed by atoms with Crippen molar-refractivity contribution < 1.29 is 27.8 Å². The highest BCUT2D eigenvalue weighted by Gasteiger charge is 2.36. The van der Waals surface area contributed by atoms with E-state index >= 15 is 0 Å². The van der Waals surface area contributed by atoms with Gasteiger partial charge in [0.25, 0.3) is 0 Å². The van der Waals surface area contributed by atoms with E-state index in [4.69, 9.17) is 20.2 Å². The Kier molecular flexibility index (Phi) is 13.5. The quantitative estimate of drug-likeness (QED) is 0.110. The summed E-state index contributed by atoms with van der Waals surface area (Å²) in [7, 11) is 0. The van der Waals surface area contributed by atoms with Crippen LogP contribution in [0.3, 0.4) is 0 Å². The van der Waals surface area contributed by atoms with Crippen molar-refractivity contribution in [2.24, 2.45) is 0 Å². The number of halogens is 3. The smallest absolute Gasteiger partial charge is 0.220 e. The third-order valence-electron chi connectivity index (χ3n) is 10.8. The van der Waals surface area contributed by atoms with Crippen LogP contribution in [0, 0.1) is 17.5 Å². The Labute approximate surface area is 329 Å². The van der Waals surface area contributed by atoms with Crippen LogP contribution in [0.15, 0.2) is 73.7 Å². The molecular weight excluding hydrogens is 740 g/mol. The zero-order valence-electron chi connectivity index (χ0n) is 31.9. The van der Waals surface area contributed by atoms with Crippen molar-refractivity contribution in [3.63, 3.8) is 0 Å². The fraction of sp³-hybridized carbons (Fsp3) is 0.475. The van der Waals surface area contributed by atoms with Crippen molar-refractivity contribution in [3.8, 4) is 22.6 Å². The SMILES string of the molecule is Nc1nccc(-c2c(-c3ccc(F)cc3)ncn2C2CCN(CCOCCOCCNC3CCN(C[C@@](O)(Cn4cncn4)c4ccc(F)cc4F)CC3)CC2)n1. The molecule has 0 amide bonds. The average molecular weight is 790 g/mol. The zero-order chi connectivity index (χ0) is 39.6. The van der Waals surface area contributed by atoms with Gasteiger partial charge < -0.3 is 35.1 Å². The number of benzene rings is 2. The Morgan fingerprint density at radius 1 is 0.825 bits per heavy atom. The number of imidazole rings is 1. The van der Waals surface area contributed by atoms with Gasteiger partial charge in [-0.25, -0.2) is 37.8 Å². The highest BCUT2D eigenvalue weighted by atomic mass is 19.1. The maximum Gasteiger partial charge on any atom is 0.220 e. The van der Waals surface area contributed by atoms with E-state index in [0.717, 1.165) is 74.4 Å². The molecule has 17 heteroatoms. The van der Waals surface area contributed by atoms with Crippen molar-refractivity contribution in [1.29, 1.82) is 0 Å². The van der Waals surface area contributed by atoms with Gasteiger partial charge in [-0.05, 0) is 75.2 Å². The van der Waals surface area contributed by atoms with Gasteiger partial charge in [-0.15, -0.1) is 0 Å². The van der Waals surface area contributed by atoms with Crippen LogP contribution in [0.2, 0.25) is 0 Å². The molecule has 2 aliphatic heterocycles. The molecule has 5 aromatic rings. The maximum atomic E-state index is 14.8. The van der Waals surface area contributed by atoms with E-state index in [1.54, 1.807) is 18.3 Å². The highest BCUT2D eigenvalue weighted by Crippen LogP contribution is 2.35. The molecule has 0 aliphatic carbocycles.